The van der Waals surface area contributed by atoms with Crippen LogP contribution in [0.5, 0.6) is 11.5 Å². The number of para-hydroxylation sites is 1. The van der Waals surface area contributed by atoms with E-state index in [1.165, 1.54) is 12.4 Å². The first kappa shape index (κ1) is 19.9. The van der Waals surface area contributed by atoms with Crippen molar-refractivity contribution in [3.05, 3.63) is 79.4 Å². The van der Waals surface area contributed by atoms with Crippen LogP contribution in [0.25, 0.3) is 22.3 Å². The molecule has 2 N–H and O–H groups in total. The number of hydrogen-bond donors (Lipinski definition) is 1. The zero-order valence-electron chi connectivity index (χ0n) is 17.3. The van der Waals surface area contributed by atoms with Gasteiger partial charge in [0.05, 0.1) is 11.4 Å². The van der Waals surface area contributed by atoms with Gasteiger partial charge in [-0.3, -0.25) is 4.79 Å². The number of aromatic nitrogens is 4. The smallest absolute Gasteiger partial charge is 0.162 e. The van der Waals surface area contributed by atoms with E-state index in [2.05, 4.69) is 9.97 Å². The van der Waals surface area contributed by atoms with Gasteiger partial charge in [0.2, 0.25) is 0 Å². The molecule has 1 aliphatic rings. The molecule has 2 aromatic carbocycles. The third kappa shape index (κ3) is 3.83. The van der Waals surface area contributed by atoms with Gasteiger partial charge in [0, 0.05) is 37.1 Å². The normalized spacial score (nSPS) is 18.5. The standard InChI is InChI=1S/C24H22N6O2/c25-21-14-29(11-4-12-31)15-22(21)30-24-20(13-26-16-27-24)23(28-30)17-7-9-19(10-8-17)32-18-5-2-1-3-6-18/h1-13,16,21-22H,14-15,25H2/t21?,22-/m0/s1. The maximum Gasteiger partial charge on any atom is 0.162 e. The fraction of sp³-hybridized carbons (Fsp3) is 0.167. The summed E-state index contributed by atoms with van der Waals surface area (Å²) in [6, 6.07) is 17.2. The fourth-order valence-corrected chi connectivity index (χ4v) is 4.01. The molecule has 0 radical (unpaired) electrons. The molecule has 8 heteroatoms. The van der Waals surface area contributed by atoms with Crippen LogP contribution in [-0.2, 0) is 4.79 Å². The van der Waals surface area contributed by atoms with Crippen LogP contribution in [-0.4, -0.2) is 50.1 Å². The van der Waals surface area contributed by atoms with Gasteiger partial charge in [-0.15, -0.1) is 0 Å². The molecule has 0 amide bonds. The van der Waals surface area contributed by atoms with E-state index in [-0.39, 0.29) is 12.1 Å². The molecule has 1 fully saturated rings. The lowest BCUT2D eigenvalue weighted by atomic mass is 10.1. The second-order valence-corrected chi connectivity index (χ2v) is 7.66. The van der Waals surface area contributed by atoms with Gasteiger partial charge in [-0.1, -0.05) is 18.2 Å². The molecule has 0 bridgehead atoms. The number of fused-ring (bicyclic) bond motifs is 1. The molecule has 0 saturated carbocycles. The highest BCUT2D eigenvalue weighted by molar-refractivity contribution is 5.90. The lowest BCUT2D eigenvalue weighted by Crippen LogP contribution is -2.31. The Bertz CT molecular complexity index is 1250. The number of carbonyl (C=O) groups excluding carboxylic acids is 1. The number of aldehydes is 1. The zero-order valence-corrected chi connectivity index (χ0v) is 17.3. The van der Waals surface area contributed by atoms with E-state index in [4.69, 9.17) is 15.6 Å². The van der Waals surface area contributed by atoms with Gasteiger partial charge >= 0.3 is 0 Å². The van der Waals surface area contributed by atoms with Crippen LogP contribution < -0.4 is 10.5 Å². The molecular formula is C24H22N6O2. The van der Waals surface area contributed by atoms with Gasteiger partial charge in [-0.05, 0) is 42.5 Å². The molecular weight excluding hydrogens is 404 g/mol. The Hall–Kier alpha value is -4.04. The molecule has 1 saturated heterocycles. The second kappa shape index (κ2) is 8.60. The van der Waals surface area contributed by atoms with Crippen LogP contribution in [0.15, 0.2) is 79.4 Å². The van der Waals surface area contributed by atoms with Crippen molar-refractivity contribution in [3.63, 3.8) is 0 Å². The topological polar surface area (TPSA) is 99.2 Å². The van der Waals surface area contributed by atoms with E-state index in [0.717, 1.165) is 40.1 Å². The first-order valence-corrected chi connectivity index (χ1v) is 10.4. The maximum absolute atomic E-state index is 10.7. The van der Waals surface area contributed by atoms with E-state index in [1.54, 1.807) is 12.4 Å². The SMILES string of the molecule is NC1CN(C=CC=O)C[C@@H]1n1nc(-c2ccc(Oc3ccccc3)cc2)c2cncnc21. The molecule has 0 spiro atoms. The Balaban J connectivity index is 1.47. The number of ether oxygens (including phenoxy) is 1. The summed E-state index contributed by atoms with van der Waals surface area (Å²) in [6.45, 7) is 1.29. The van der Waals surface area contributed by atoms with Crippen molar-refractivity contribution in [2.24, 2.45) is 5.73 Å². The minimum absolute atomic E-state index is 0.0712. The Morgan fingerprint density at radius 1 is 1.03 bits per heavy atom. The monoisotopic (exact) mass is 426 g/mol. The molecule has 32 heavy (non-hydrogen) atoms. The van der Waals surface area contributed by atoms with Crippen LogP contribution in [0.3, 0.4) is 0 Å². The molecule has 1 unspecified atom stereocenters. The van der Waals surface area contributed by atoms with E-state index >= 15 is 0 Å². The number of benzene rings is 2. The molecule has 8 nitrogen and oxygen atoms in total. The highest BCUT2D eigenvalue weighted by atomic mass is 16.5. The number of nitrogens with zero attached hydrogens (tertiary/aromatic N) is 5. The van der Waals surface area contributed by atoms with Crippen LogP contribution in [0.2, 0.25) is 0 Å². The molecule has 1 aliphatic heterocycles. The lowest BCUT2D eigenvalue weighted by Gasteiger charge is -2.15. The van der Waals surface area contributed by atoms with Crippen LogP contribution in [0, 0.1) is 0 Å². The Morgan fingerprint density at radius 2 is 1.81 bits per heavy atom. The summed E-state index contributed by atoms with van der Waals surface area (Å²) in [6.07, 6.45) is 7.30. The van der Waals surface area contributed by atoms with Gasteiger partial charge in [0.1, 0.15) is 29.8 Å². The maximum atomic E-state index is 10.7. The molecule has 4 aromatic rings. The average Bonchev–Trinajstić information content (AvgIpc) is 3.39. The molecule has 2 atom stereocenters. The Labute approximate surface area is 185 Å². The predicted molar refractivity (Wildman–Crippen MR) is 121 cm³/mol. The minimum atomic E-state index is -0.140. The van der Waals surface area contributed by atoms with Gasteiger partial charge in [-0.2, -0.15) is 5.10 Å². The first-order chi connectivity index (χ1) is 15.7. The summed E-state index contributed by atoms with van der Waals surface area (Å²) < 4.78 is 7.79. The third-order valence-corrected chi connectivity index (χ3v) is 5.53. The number of nitrogens with two attached hydrogens (primary N) is 1. The molecule has 2 aromatic heterocycles. The highest BCUT2D eigenvalue weighted by Crippen LogP contribution is 2.32. The first-order valence-electron chi connectivity index (χ1n) is 10.4. The summed E-state index contributed by atoms with van der Waals surface area (Å²) >= 11 is 0. The fourth-order valence-electron chi connectivity index (χ4n) is 4.01. The quantitative estimate of drug-likeness (QED) is 0.373. The summed E-state index contributed by atoms with van der Waals surface area (Å²) in [5, 5.41) is 5.75. The van der Waals surface area contributed by atoms with Crippen molar-refractivity contribution in [2.45, 2.75) is 12.1 Å². The molecule has 0 aliphatic carbocycles. The van der Waals surface area contributed by atoms with Gasteiger partial charge in [0.25, 0.3) is 0 Å². The minimum Gasteiger partial charge on any atom is -0.457 e. The summed E-state index contributed by atoms with van der Waals surface area (Å²) in [5.74, 6) is 1.53. The van der Waals surface area contributed by atoms with Crippen LogP contribution in [0.1, 0.15) is 6.04 Å². The molecule has 5 rings (SSSR count). The van der Waals surface area contributed by atoms with E-state index < -0.39 is 0 Å². The summed E-state index contributed by atoms with van der Waals surface area (Å²) in [7, 11) is 0. The van der Waals surface area contributed by atoms with Crippen molar-refractivity contribution in [2.75, 3.05) is 13.1 Å². The van der Waals surface area contributed by atoms with E-state index in [0.29, 0.717) is 13.1 Å². The highest BCUT2D eigenvalue weighted by Gasteiger charge is 2.32. The van der Waals surface area contributed by atoms with Gasteiger partial charge < -0.3 is 15.4 Å². The van der Waals surface area contributed by atoms with Crippen molar-refractivity contribution < 1.29 is 9.53 Å². The number of carbonyl (C=O) groups is 1. The van der Waals surface area contributed by atoms with Crippen molar-refractivity contribution in [1.29, 1.82) is 0 Å². The van der Waals surface area contributed by atoms with E-state index in [1.807, 2.05) is 64.2 Å². The number of allylic oxidation sites excluding steroid dienone is 1. The van der Waals surface area contributed by atoms with Gasteiger partial charge in [-0.25, -0.2) is 14.6 Å². The Morgan fingerprint density at radius 3 is 2.59 bits per heavy atom. The zero-order chi connectivity index (χ0) is 21.9. The average molecular weight is 426 g/mol. The Kier molecular flexibility index (Phi) is 5.35. The molecule has 3 heterocycles. The van der Waals surface area contributed by atoms with Crippen molar-refractivity contribution in [3.8, 4) is 22.8 Å². The largest absolute Gasteiger partial charge is 0.457 e. The van der Waals surface area contributed by atoms with Crippen molar-refractivity contribution >= 4 is 17.3 Å². The summed E-state index contributed by atoms with van der Waals surface area (Å²) in [5.41, 5.74) is 8.89. The van der Waals surface area contributed by atoms with Crippen LogP contribution >= 0.6 is 0 Å². The van der Waals surface area contributed by atoms with Gasteiger partial charge in [0.15, 0.2) is 5.65 Å². The number of hydrogen-bond acceptors (Lipinski definition) is 7. The molecule has 160 valence electrons. The predicted octanol–water partition coefficient (Wildman–Crippen LogP) is 3.18. The third-order valence-electron chi connectivity index (χ3n) is 5.53. The number of rotatable bonds is 6. The second-order valence-electron chi connectivity index (χ2n) is 7.66. The summed E-state index contributed by atoms with van der Waals surface area (Å²) in [4.78, 5) is 21.4. The lowest BCUT2D eigenvalue weighted by molar-refractivity contribution is -0.104. The van der Waals surface area contributed by atoms with E-state index in [9.17, 15) is 4.79 Å². The number of likely N-dealkylation sites (tertiary alicyclic amines) is 1. The van der Waals surface area contributed by atoms with Crippen LogP contribution in [0.4, 0.5) is 0 Å². The van der Waals surface area contributed by atoms with Crippen molar-refractivity contribution in [1.82, 2.24) is 24.6 Å².